The first kappa shape index (κ1) is 12.9. The molecule has 80 valence electrons. The van der Waals surface area contributed by atoms with Crippen LogP contribution in [0.4, 0.5) is 0 Å². The van der Waals surface area contributed by atoms with E-state index in [0.29, 0.717) is 6.42 Å². The zero-order chi connectivity index (χ0) is 11.1. The van der Waals surface area contributed by atoms with Gasteiger partial charge in [0.05, 0.1) is 18.7 Å². The molecule has 4 heteroatoms. The molecule has 2 atom stereocenters. The molecular formula is C10H18N2O2. The zero-order valence-electron chi connectivity index (χ0n) is 9.03. The number of aliphatic hydroxyl groups excluding tert-OH is 1. The summed E-state index contributed by atoms with van der Waals surface area (Å²) >= 11 is 0. The van der Waals surface area contributed by atoms with Crippen LogP contribution in [0.3, 0.4) is 0 Å². The molecule has 0 heterocycles. The standard InChI is InChI=1S/C10H18N2O2/c1-4-5-9(6-11)10(14)12(3)8(2)7-13/h8-9,13H,4-5,7H2,1-3H3. The molecule has 4 nitrogen and oxygen atoms in total. The van der Waals surface area contributed by atoms with Crippen molar-refractivity contribution >= 4 is 5.91 Å². The lowest BCUT2D eigenvalue weighted by atomic mass is 10.0. The summed E-state index contributed by atoms with van der Waals surface area (Å²) < 4.78 is 0. The van der Waals surface area contributed by atoms with Crippen LogP contribution in [0.2, 0.25) is 0 Å². The number of aliphatic hydroxyl groups is 1. The molecule has 0 saturated heterocycles. The number of nitriles is 1. The van der Waals surface area contributed by atoms with Crippen LogP contribution >= 0.6 is 0 Å². The molecule has 1 amide bonds. The molecule has 0 aliphatic carbocycles. The number of amides is 1. The molecule has 0 bridgehead atoms. The maximum atomic E-state index is 11.7. The van der Waals surface area contributed by atoms with Gasteiger partial charge in [0.1, 0.15) is 5.92 Å². The molecule has 1 N–H and O–H groups in total. The Kier molecular flexibility index (Phi) is 5.89. The molecule has 0 aliphatic heterocycles. The van der Waals surface area contributed by atoms with Crippen molar-refractivity contribution in [2.24, 2.45) is 5.92 Å². The van der Waals surface area contributed by atoms with Gasteiger partial charge in [0.2, 0.25) is 5.91 Å². The molecule has 0 saturated carbocycles. The largest absolute Gasteiger partial charge is 0.394 e. The van der Waals surface area contributed by atoms with Crippen LogP contribution in [0.5, 0.6) is 0 Å². The smallest absolute Gasteiger partial charge is 0.239 e. The van der Waals surface area contributed by atoms with E-state index in [-0.39, 0.29) is 18.6 Å². The van der Waals surface area contributed by atoms with Gasteiger partial charge in [-0.05, 0) is 13.3 Å². The van der Waals surface area contributed by atoms with Crippen molar-refractivity contribution in [3.8, 4) is 6.07 Å². The van der Waals surface area contributed by atoms with E-state index in [1.54, 1.807) is 14.0 Å². The first-order valence-electron chi connectivity index (χ1n) is 4.85. The summed E-state index contributed by atoms with van der Waals surface area (Å²) in [6.07, 6.45) is 1.39. The van der Waals surface area contributed by atoms with E-state index >= 15 is 0 Å². The van der Waals surface area contributed by atoms with Crippen molar-refractivity contribution < 1.29 is 9.90 Å². The number of hydrogen-bond donors (Lipinski definition) is 1. The van der Waals surface area contributed by atoms with Crippen LogP contribution in [0, 0.1) is 17.2 Å². The highest BCUT2D eigenvalue weighted by Crippen LogP contribution is 2.10. The highest BCUT2D eigenvalue weighted by atomic mass is 16.3. The summed E-state index contributed by atoms with van der Waals surface area (Å²) in [5, 5.41) is 17.6. The van der Waals surface area contributed by atoms with Crippen LogP contribution in [-0.4, -0.2) is 35.6 Å². The lowest BCUT2D eigenvalue weighted by Gasteiger charge is -2.25. The minimum absolute atomic E-state index is 0.0769. The summed E-state index contributed by atoms with van der Waals surface area (Å²) in [5.74, 6) is -0.769. The number of likely N-dealkylation sites (N-methyl/N-ethyl adjacent to an activating group) is 1. The predicted octanol–water partition coefficient (Wildman–Crippen LogP) is 0.765. The maximum Gasteiger partial charge on any atom is 0.239 e. The summed E-state index contributed by atoms with van der Waals surface area (Å²) in [6, 6.07) is 1.76. The van der Waals surface area contributed by atoms with Gasteiger partial charge in [0.25, 0.3) is 0 Å². The number of rotatable bonds is 5. The number of carbonyl (C=O) groups is 1. The van der Waals surface area contributed by atoms with Crippen LogP contribution in [0.15, 0.2) is 0 Å². The first-order valence-corrected chi connectivity index (χ1v) is 4.85. The third-order valence-corrected chi connectivity index (χ3v) is 2.30. The van der Waals surface area contributed by atoms with E-state index in [9.17, 15) is 4.79 Å². The molecule has 0 aromatic carbocycles. The van der Waals surface area contributed by atoms with E-state index < -0.39 is 5.92 Å². The van der Waals surface area contributed by atoms with Crippen molar-refractivity contribution in [2.75, 3.05) is 13.7 Å². The Labute approximate surface area is 85.1 Å². The lowest BCUT2D eigenvalue weighted by molar-refractivity contribution is -0.135. The summed E-state index contributed by atoms with van der Waals surface area (Å²) in [7, 11) is 1.61. The summed E-state index contributed by atoms with van der Waals surface area (Å²) in [4.78, 5) is 13.1. The monoisotopic (exact) mass is 198 g/mol. The van der Waals surface area contributed by atoms with E-state index in [2.05, 4.69) is 0 Å². The molecule has 0 spiro atoms. The third kappa shape index (κ3) is 3.35. The Hall–Kier alpha value is -1.08. The average molecular weight is 198 g/mol. The van der Waals surface area contributed by atoms with Crippen LogP contribution < -0.4 is 0 Å². The second-order valence-corrected chi connectivity index (χ2v) is 3.45. The van der Waals surface area contributed by atoms with Crippen LogP contribution in [-0.2, 0) is 4.79 Å². The fourth-order valence-corrected chi connectivity index (χ4v) is 1.12. The molecule has 14 heavy (non-hydrogen) atoms. The first-order chi connectivity index (χ1) is 6.58. The van der Waals surface area contributed by atoms with E-state index in [4.69, 9.17) is 10.4 Å². The molecular weight excluding hydrogens is 180 g/mol. The predicted molar refractivity (Wildman–Crippen MR) is 53.3 cm³/mol. The summed E-state index contributed by atoms with van der Waals surface area (Å²) in [5.41, 5.74) is 0. The topological polar surface area (TPSA) is 64.3 Å². The Morgan fingerprint density at radius 1 is 1.64 bits per heavy atom. The third-order valence-electron chi connectivity index (χ3n) is 2.30. The SMILES string of the molecule is CCCC(C#N)C(=O)N(C)C(C)CO. The minimum atomic E-state index is -0.570. The van der Waals surface area contributed by atoms with E-state index in [1.807, 2.05) is 13.0 Å². The van der Waals surface area contributed by atoms with Crippen LogP contribution in [0.1, 0.15) is 26.7 Å². The molecule has 0 rings (SSSR count). The van der Waals surface area contributed by atoms with Gasteiger partial charge in [0.15, 0.2) is 0 Å². The molecule has 0 fully saturated rings. The Balaban J connectivity index is 4.36. The van der Waals surface area contributed by atoms with Gasteiger partial charge in [-0.3, -0.25) is 4.79 Å². The normalized spacial score (nSPS) is 14.2. The average Bonchev–Trinajstić information content (AvgIpc) is 2.22. The number of nitrogens with zero attached hydrogens (tertiary/aromatic N) is 2. The highest BCUT2D eigenvalue weighted by Gasteiger charge is 2.23. The molecule has 0 aromatic rings. The summed E-state index contributed by atoms with van der Waals surface area (Å²) in [6.45, 7) is 3.61. The molecule has 0 radical (unpaired) electrons. The highest BCUT2D eigenvalue weighted by molar-refractivity contribution is 5.81. The van der Waals surface area contributed by atoms with Crippen molar-refractivity contribution in [1.82, 2.24) is 4.90 Å². The van der Waals surface area contributed by atoms with Gasteiger partial charge >= 0.3 is 0 Å². The molecule has 2 unspecified atom stereocenters. The van der Waals surface area contributed by atoms with Crippen LogP contribution in [0.25, 0.3) is 0 Å². The van der Waals surface area contributed by atoms with Gasteiger partial charge in [0, 0.05) is 7.05 Å². The molecule has 0 aliphatic rings. The number of carbonyl (C=O) groups excluding carboxylic acids is 1. The fourth-order valence-electron chi connectivity index (χ4n) is 1.12. The maximum absolute atomic E-state index is 11.7. The van der Waals surface area contributed by atoms with Gasteiger partial charge in [-0.15, -0.1) is 0 Å². The minimum Gasteiger partial charge on any atom is -0.394 e. The van der Waals surface area contributed by atoms with E-state index in [0.717, 1.165) is 6.42 Å². The quantitative estimate of drug-likeness (QED) is 0.709. The lowest BCUT2D eigenvalue weighted by Crippen LogP contribution is -2.40. The Morgan fingerprint density at radius 3 is 2.57 bits per heavy atom. The van der Waals surface area contributed by atoms with Crippen molar-refractivity contribution in [1.29, 1.82) is 5.26 Å². The molecule has 0 aromatic heterocycles. The zero-order valence-corrected chi connectivity index (χ0v) is 9.03. The van der Waals surface area contributed by atoms with Crippen molar-refractivity contribution in [2.45, 2.75) is 32.7 Å². The van der Waals surface area contributed by atoms with Gasteiger partial charge in [-0.2, -0.15) is 5.26 Å². The second-order valence-electron chi connectivity index (χ2n) is 3.45. The Morgan fingerprint density at radius 2 is 2.21 bits per heavy atom. The Bertz CT molecular complexity index is 223. The fraction of sp³-hybridized carbons (Fsp3) is 0.800. The second kappa shape index (κ2) is 6.39. The van der Waals surface area contributed by atoms with Crippen molar-refractivity contribution in [3.05, 3.63) is 0 Å². The van der Waals surface area contributed by atoms with Crippen molar-refractivity contribution in [3.63, 3.8) is 0 Å². The van der Waals surface area contributed by atoms with Gasteiger partial charge < -0.3 is 10.0 Å². The van der Waals surface area contributed by atoms with Gasteiger partial charge in [-0.25, -0.2) is 0 Å². The van der Waals surface area contributed by atoms with Gasteiger partial charge in [-0.1, -0.05) is 13.3 Å². The number of hydrogen-bond acceptors (Lipinski definition) is 3. The van der Waals surface area contributed by atoms with E-state index in [1.165, 1.54) is 4.90 Å².